The summed E-state index contributed by atoms with van der Waals surface area (Å²) in [6, 6.07) is 0. The predicted molar refractivity (Wildman–Crippen MR) is 57.4 cm³/mol. The number of rotatable bonds is 6. The van der Waals surface area contributed by atoms with Crippen molar-refractivity contribution < 1.29 is 9.53 Å². The molecular formula is C8H14N4O2S. The monoisotopic (exact) mass is 230 g/mol. The van der Waals surface area contributed by atoms with Crippen molar-refractivity contribution >= 4 is 23.7 Å². The lowest BCUT2D eigenvalue weighted by atomic mass is 10.4. The molecule has 0 radical (unpaired) electrons. The summed E-state index contributed by atoms with van der Waals surface area (Å²) in [5.74, 6) is 0.203. The second-order valence-corrected chi connectivity index (χ2v) is 3.81. The highest BCUT2D eigenvalue weighted by Gasteiger charge is 2.06. The van der Waals surface area contributed by atoms with Crippen molar-refractivity contribution in [3.8, 4) is 0 Å². The van der Waals surface area contributed by atoms with E-state index in [9.17, 15) is 4.79 Å². The number of ether oxygens (including phenoxy) is 1. The van der Waals surface area contributed by atoms with Crippen LogP contribution < -0.4 is 5.73 Å². The molecule has 1 aromatic heterocycles. The summed E-state index contributed by atoms with van der Waals surface area (Å²) >= 11 is 1.20. The Hall–Kier alpha value is -1.24. The Morgan fingerprint density at radius 1 is 1.67 bits per heavy atom. The molecular weight excluding hydrogens is 216 g/mol. The van der Waals surface area contributed by atoms with Gasteiger partial charge in [-0.15, -0.1) is 5.10 Å². The minimum Gasteiger partial charge on any atom is -0.465 e. The highest BCUT2D eigenvalue weighted by atomic mass is 32.2. The van der Waals surface area contributed by atoms with Crippen molar-refractivity contribution in [2.24, 2.45) is 0 Å². The number of anilines is 1. The molecule has 0 saturated heterocycles. The molecule has 6 nitrogen and oxygen atoms in total. The number of nitrogens with one attached hydrogen (secondary N) is 1. The van der Waals surface area contributed by atoms with Crippen LogP contribution in [-0.2, 0) is 9.53 Å². The Morgan fingerprint density at radius 2 is 2.47 bits per heavy atom. The van der Waals surface area contributed by atoms with Gasteiger partial charge >= 0.3 is 5.97 Å². The van der Waals surface area contributed by atoms with Gasteiger partial charge in [0.25, 0.3) is 0 Å². The summed E-state index contributed by atoms with van der Waals surface area (Å²) in [7, 11) is 0. The van der Waals surface area contributed by atoms with Gasteiger partial charge in [-0.25, -0.2) is 5.10 Å². The number of hydrogen-bond donors (Lipinski definition) is 2. The van der Waals surface area contributed by atoms with Crippen molar-refractivity contribution in [3.63, 3.8) is 0 Å². The van der Waals surface area contributed by atoms with Gasteiger partial charge in [0.2, 0.25) is 11.1 Å². The fraction of sp³-hybridized carbons (Fsp3) is 0.625. The molecule has 0 aliphatic carbocycles. The van der Waals surface area contributed by atoms with Crippen molar-refractivity contribution in [2.45, 2.75) is 24.9 Å². The highest BCUT2D eigenvalue weighted by Crippen LogP contribution is 2.12. The first-order valence-electron chi connectivity index (χ1n) is 4.68. The van der Waals surface area contributed by atoms with Crippen LogP contribution in [0.1, 0.15) is 19.8 Å². The predicted octanol–water partition coefficient (Wildman–Crippen LogP) is 0.822. The van der Waals surface area contributed by atoms with E-state index in [0.29, 0.717) is 11.8 Å². The fourth-order valence-corrected chi connectivity index (χ4v) is 1.42. The topological polar surface area (TPSA) is 93.9 Å². The van der Waals surface area contributed by atoms with Gasteiger partial charge in [0.1, 0.15) is 0 Å². The van der Waals surface area contributed by atoms with Gasteiger partial charge in [-0.3, -0.25) is 4.79 Å². The van der Waals surface area contributed by atoms with Gasteiger partial charge in [-0.05, 0) is 6.42 Å². The molecule has 1 heterocycles. The zero-order chi connectivity index (χ0) is 11.1. The number of thioether (sulfide) groups is 1. The molecule has 0 aliphatic heterocycles. The number of nitrogens with zero attached hydrogens (tertiary/aromatic N) is 2. The third-order valence-electron chi connectivity index (χ3n) is 1.56. The van der Waals surface area contributed by atoms with Crippen molar-refractivity contribution in [1.29, 1.82) is 0 Å². The Bertz CT molecular complexity index is 315. The second-order valence-electron chi connectivity index (χ2n) is 2.87. The standard InChI is InChI=1S/C8H14N4O2S/c1-2-3-4-14-6(13)5-15-8-10-7(9)11-12-8/h2-5H2,1H3,(H3,9,10,11,12). The summed E-state index contributed by atoms with van der Waals surface area (Å²) in [6.45, 7) is 2.52. The van der Waals surface area contributed by atoms with E-state index in [-0.39, 0.29) is 17.7 Å². The molecule has 0 spiro atoms. The average molecular weight is 230 g/mol. The third kappa shape index (κ3) is 4.68. The van der Waals surface area contributed by atoms with E-state index in [1.54, 1.807) is 0 Å². The molecule has 15 heavy (non-hydrogen) atoms. The number of H-pyrrole nitrogens is 1. The summed E-state index contributed by atoms with van der Waals surface area (Å²) in [4.78, 5) is 15.0. The number of nitrogens with two attached hydrogens (primary N) is 1. The summed E-state index contributed by atoms with van der Waals surface area (Å²) in [5.41, 5.74) is 5.32. The number of carbonyl (C=O) groups excluding carboxylic acids is 1. The first-order valence-corrected chi connectivity index (χ1v) is 5.67. The van der Waals surface area contributed by atoms with E-state index in [0.717, 1.165) is 12.8 Å². The summed E-state index contributed by atoms with van der Waals surface area (Å²) < 4.78 is 4.95. The van der Waals surface area contributed by atoms with E-state index in [1.165, 1.54) is 11.8 Å². The minimum atomic E-state index is -0.253. The van der Waals surface area contributed by atoms with Crippen LogP contribution in [0.5, 0.6) is 0 Å². The summed E-state index contributed by atoms with van der Waals surface area (Å²) in [6.07, 6.45) is 1.90. The lowest BCUT2D eigenvalue weighted by Crippen LogP contribution is -2.08. The van der Waals surface area contributed by atoms with Crippen molar-refractivity contribution in [1.82, 2.24) is 15.2 Å². The quantitative estimate of drug-likeness (QED) is 0.427. The Kier molecular flexibility index (Phi) is 4.96. The van der Waals surface area contributed by atoms with Crippen LogP contribution in [0, 0.1) is 0 Å². The molecule has 1 rings (SSSR count). The molecule has 0 saturated carbocycles. The molecule has 0 aliphatic rings. The molecule has 0 bridgehead atoms. The Morgan fingerprint density at radius 3 is 3.07 bits per heavy atom. The molecule has 0 atom stereocenters. The maximum absolute atomic E-state index is 11.2. The van der Waals surface area contributed by atoms with Crippen LogP contribution >= 0.6 is 11.8 Å². The second kappa shape index (κ2) is 6.28. The zero-order valence-electron chi connectivity index (χ0n) is 8.52. The fourth-order valence-electron chi connectivity index (χ4n) is 0.818. The van der Waals surface area contributed by atoms with E-state index < -0.39 is 0 Å². The maximum atomic E-state index is 11.2. The van der Waals surface area contributed by atoms with Gasteiger partial charge in [0.15, 0.2) is 0 Å². The molecule has 0 aromatic carbocycles. The lowest BCUT2D eigenvalue weighted by molar-refractivity contribution is -0.140. The van der Waals surface area contributed by atoms with Gasteiger partial charge in [-0.1, -0.05) is 25.1 Å². The van der Waals surface area contributed by atoms with E-state index in [4.69, 9.17) is 10.5 Å². The number of aromatic nitrogens is 3. The Balaban J connectivity index is 2.16. The van der Waals surface area contributed by atoms with Crippen LogP contribution in [0.4, 0.5) is 5.95 Å². The van der Waals surface area contributed by atoms with Crippen LogP contribution in [0.15, 0.2) is 5.16 Å². The van der Waals surface area contributed by atoms with Gasteiger partial charge in [-0.2, -0.15) is 4.98 Å². The van der Waals surface area contributed by atoms with Gasteiger partial charge in [0.05, 0.1) is 12.4 Å². The minimum absolute atomic E-state index is 0.209. The maximum Gasteiger partial charge on any atom is 0.316 e. The summed E-state index contributed by atoms with van der Waals surface area (Å²) in [5, 5.41) is 6.72. The van der Waals surface area contributed by atoms with Crippen LogP contribution in [-0.4, -0.2) is 33.5 Å². The van der Waals surface area contributed by atoms with E-state index in [2.05, 4.69) is 15.2 Å². The number of unbranched alkanes of at least 4 members (excludes halogenated alkanes) is 1. The number of esters is 1. The van der Waals surface area contributed by atoms with Crippen molar-refractivity contribution in [2.75, 3.05) is 18.1 Å². The molecule has 7 heteroatoms. The van der Waals surface area contributed by atoms with E-state index >= 15 is 0 Å². The molecule has 1 aromatic rings. The first kappa shape index (κ1) is 11.8. The number of nitrogen functional groups attached to an aromatic ring is 1. The Labute approximate surface area is 92.0 Å². The molecule has 84 valence electrons. The van der Waals surface area contributed by atoms with Crippen LogP contribution in [0.3, 0.4) is 0 Å². The number of aromatic amines is 1. The average Bonchev–Trinajstić information content (AvgIpc) is 2.62. The van der Waals surface area contributed by atoms with Crippen molar-refractivity contribution in [3.05, 3.63) is 0 Å². The van der Waals surface area contributed by atoms with Crippen LogP contribution in [0.2, 0.25) is 0 Å². The first-order chi connectivity index (χ1) is 7.22. The molecule has 0 fully saturated rings. The van der Waals surface area contributed by atoms with Gasteiger partial charge in [0, 0.05) is 0 Å². The van der Waals surface area contributed by atoms with Gasteiger partial charge < -0.3 is 10.5 Å². The lowest BCUT2D eigenvalue weighted by Gasteiger charge is -2.01. The SMILES string of the molecule is CCCCOC(=O)CSc1n[nH]c(N)n1. The normalized spacial score (nSPS) is 10.2. The van der Waals surface area contributed by atoms with E-state index in [1.807, 2.05) is 6.92 Å². The number of carbonyl (C=O) groups is 1. The molecule has 0 unspecified atom stereocenters. The number of hydrogen-bond acceptors (Lipinski definition) is 6. The smallest absolute Gasteiger partial charge is 0.316 e. The third-order valence-corrected chi connectivity index (χ3v) is 2.38. The van der Waals surface area contributed by atoms with Crippen LogP contribution in [0.25, 0.3) is 0 Å². The molecule has 3 N–H and O–H groups in total. The zero-order valence-corrected chi connectivity index (χ0v) is 9.34. The highest BCUT2D eigenvalue weighted by molar-refractivity contribution is 7.99. The largest absolute Gasteiger partial charge is 0.465 e. The molecule has 0 amide bonds.